The van der Waals surface area contributed by atoms with E-state index in [-0.39, 0.29) is 23.8 Å². The average Bonchev–Trinajstić information content (AvgIpc) is 2.71. The summed E-state index contributed by atoms with van der Waals surface area (Å²) in [6.45, 7) is 2.59. The number of halogens is 1. The van der Waals surface area contributed by atoms with Crippen LogP contribution in [0.2, 0.25) is 5.02 Å². The van der Waals surface area contributed by atoms with E-state index in [2.05, 4.69) is 22.5 Å². The maximum Gasteiger partial charge on any atom is 0.251 e. The van der Waals surface area contributed by atoms with Crippen LogP contribution < -0.4 is 10.6 Å². The Kier molecular flexibility index (Phi) is 8.68. The van der Waals surface area contributed by atoms with Crippen LogP contribution in [0.25, 0.3) is 0 Å². The van der Waals surface area contributed by atoms with Gasteiger partial charge in [0.15, 0.2) is 0 Å². The maximum atomic E-state index is 12.4. The molecule has 5 nitrogen and oxygen atoms in total. The molecule has 2 amide bonds. The quantitative estimate of drug-likeness (QED) is 0.659. The van der Waals surface area contributed by atoms with Gasteiger partial charge < -0.3 is 15.5 Å². The summed E-state index contributed by atoms with van der Waals surface area (Å²) in [5.74, 6) is 0.0392. The number of rotatable bonds is 9. The Morgan fingerprint density at radius 3 is 2.38 bits per heavy atom. The van der Waals surface area contributed by atoms with Crippen molar-refractivity contribution in [3.8, 4) is 0 Å². The molecule has 0 fully saturated rings. The van der Waals surface area contributed by atoms with Gasteiger partial charge in [-0.25, -0.2) is 0 Å². The Balaban J connectivity index is 1.95. The van der Waals surface area contributed by atoms with Crippen molar-refractivity contribution < 1.29 is 9.59 Å². The van der Waals surface area contributed by atoms with E-state index in [0.717, 1.165) is 11.1 Å². The van der Waals surface area contributed by atoms with Crippen molar-refractivity contribution in [2.75, 3.05) is 27.7 Å². The molecule has 29 heavy (non-hydrogen) atoms. The van der Waals surface area contributed by atoms with Crippen LogP contribution in [0, 0.1) is 0 Å². The topological polar surface area (TPSA) is 61.4 Å². The second kappa shape index (κ2) is 11.0. The van der Waals surface area contributed by atoms with Crippen LogP contribution in [0.5, 0.6) is 0 Å². The molecule has 0 spiro atoms. The van der Waals surface area contributed by atoms with Crippen molar-refractivity contribution in [1.82, 2.24) is 15.5 Å². The fourth-order valence-electron chi connectivity index (χ4n) is 3.17. The normalized spacial score (nSPS) is 13.0. The van der Waals surface area contributed by atoms with Crippen molar-refractivity contribution in [2.45, 2.75) is 31.7 Å². The van der Waals surface area contributed by atoms with Crippen molar-refractivity contribution in [2.24, 2.45) is 0 Å². The van der Waals surface area contributed by atoms with Gasteiger partial charge in [0.05, 0.1) is 0 Å². The lowest BCUT2D eigenvalue weighted by Gasteiger charge is -2.25. The molecule has 2 atom stereocenters. The average molecular weight is 416 g/mol. The van der Waals surface area contributed by atoms with Crippen LogP contribution in [0.1, 0.15) is 40.7 Å². The summed E-state index contributed by atoms with van der Waals surface area (Å²) >= 11 is 6.39. The molecule has 156 valence electrons. The van der Waals surface area contributed by atoms with Crippen LogP contribution in [-0.2, 0) is 11.2 Å². The molecule has 0 heterocycles. The third-order valence-corrected chi connectivity index (χ3v) is 5.48. The predicted octanol–water partition coefficient (Wildman–Crippen LogP) is 3.48. The zero-order valence-corrected chi connectivity index (χ0v) is 18.3. The summed E-state index contributed by atoms with van der Waals surface area (Å²) in [4.78, 5) is 26.2. The van der Waals surface area contributed by atoms with E-state index in [0.29, 0.717) is 30.0 Å². The highest BCUT2D eigenvalue weighted by molar-refractivity contribution is 6.31. The first-order chi connectivity index (χ1) is 13.8. The first-order valence-electron chi connectivity index (χ1n) is 9.80. The number of hydrogen-bond acceptors (Lipinski definition) is 3. The Hall–Kier alpha value is -2.37. The molecule has 0 saturated carbocycles. The van der Waals surface area contributed by atoms with E-state index in [1.165, 1.54) is 0 Å². The lowest BCUT2D eigenvalue weighted by atomic mass is 9.97. The molecular formula is C23H30ClN3O2. The lowest BCUT2D eigenvalue weighted by molar-refractivity contribution is -0.121. The van der Waals surface area contributed by atoms with Gasteiger partial charge in [-0.2, -0.15) is 0 Å². The van der Waals surface area contributed by atoms with E-state index in [1.54, 1.807) is 19.2 Å². The van der Waals surface area contributed by atoms with Gasteiger partial charge in [-0.1, -0.05) is 54.9 Å². The minimum absolute atomic E-state index is 0.0364. The van der Waals surface area contributed by atoms with Crippen molar-refractivity contribution in [3.63, 3.8) is 0 Å². The highest BCUT2D eigenvalue weighted by atomic mass is 35.5. The highest BCUT2D eigenvalue weighted by Crippen LogP contribution is 2.21. The van der Waals surface area contributed by atoms with E-state index in [9.17, 15) is 9.59 Å². The Labute approximate surface area is 178 Å². The smallest absolute Gasteiger partial charge is 0.251 e. The highest BCUT2D eigenvalue weighted by Gasteiger charge is 2.18. The second-order valence-corrected chi connectivity index (χ2v) is 7.93. The number of carbonyl (C=O) groups is 2. The number of carbonyl (C=O) groups excluding carboxylic acids is 2. The van der Waals surface area contributed by atoms with Crippen LogP contribution in [-0.4, -0.2) is 50.4 Å². The Bertz CT molecular complexity index is 824. The van der Waals surface area contributed by atoms with E-state index in [4.69, 9.17) is 11.6 Å². The molecule has 2 unspecified atom stereocenters. The third-order valence-electron chi connectivity index (χ3n) is 5.12. The molecule has 0 radical (unpaired) electrons. The van der Waals surface area contributed by atoms with E-state index >= 15 is 0 Å². The lowest BCUT2D eigenvalue weighted by Crippen LogP contribution is -2.41. The molecule has 0 saturated heterocycles. The largest absolute Gasteiger partial charge is 0.355 e. The summed E-state index contributed by atoms with van der Waals surface area (Å²) in [5.41, 5.74) is 2.64. The number of benzene rings is 2. The standard InChI is InChI=1S/C23H30ClN3O2/c1-16(17-8-6-5-7-9-17)12-22(28)26-15-20(27(3)4)13-18-10-11-19(14-21(18)24)23(29)25-2/h5-11,14,16,20H,12-13,15H2,1-4H3,(H,25,29)(H,26,28). The maximum absolute atomic E-state index is 12.4. The molecule has 2 rings (SSSR count). The summed E-state index contributed by atoms with van der Waals surface area (Å²) in [6, 6.07) is 15.5. The van der Waals surface area contributed by atoms with Gasteiger partial charge in [-0.15, -0.1) is 0 Å². The summed E-state index contributed by atoms with van der Waals surface area (Å²) in [6.07, 6.45) is 1.13. The van der Waals surface area contributed by atoms with Gasteiger partial charge in [0.1, 0.15) is 0 Å². The third kappa shape index (κ3) is 6.87. The SMILES string of the molecule is CNC(=O)c1ccc(CC(CNC(=O)CC(C)c2ccccc2)N(C)C)c(Cl)c1. The monoisotopic (exact) mass is 415 g/mol. The molecule has 6 heteroatoms. The molecule has 0 aliphatic rings. The number of nitrogens with one attached hydrogen (secondary N) is 2. The van der Waals surface area contributed by atoms with Gasteiger partial charge >= 0.3 is 0 Å². The van der Waals surface area contributed by atoms with Gasteiger partial charge in [-0.05, 0) is 49.7 Å². The molecule has 2 aromatic carbocycles. The van der Waals surface area contributed by atoms with E-state index in [1.807, 2.05) is 50.5 Å². The fraction of sp³-hybridized carbons (Fsp3) is 0.391. The summed E-state index contributed by atoms with van der Waals surface area (Å²) < 4.78 is 0. The Morgan fingerprint density at radius 1 is 1.10 bits per heavy atom. The van der Waals surface area contributed by atoms with Crippen molar-refractivity contribution >= 4 is 23.4 Å². The zero-order chi connectivity index (χ0) is 21.4. The van der Waals surface area contributed by atoms with Gasteiger partial charge in [0, 0.05) is 36.6 Å². The molecular weight excluding hydrogens is 386 g/mol. The number of likely N-dealkylation sites (N-methyl/N-ethyl adjacent to an activating group) is 1. The molecule has 0 aromatic heterocycles. The first-order valence-corrected chi connectivity index (χ1v) is 10.2. The number of nitrogens with zero attached hydrogens (tertiary/aromatic N) is 1. The van der Waals surface area contributed by atoms with Gasteiger partial charge in [-0.3, -0.25) is 9.59 Å². The molecule has 2 aromatic rings. The fourth-order valence-corrected chi connectivity index (χ4v) is 3.43. The van der Waals surface area contributed by atoms with Crippen LogP contribution in [0.15, 0.2) is 48.5 Å². The van der Waals surface area contributed by atoms with E-state index < -0.39 is 0 Å². The van der Waals surface area contributed by atoms with Gasteiger partial charge in [0.2, 0.25) is 5.91 Å². The number of amides is 2. The minimum Gasteiger partial charge on any atom is -0.355 e. The summed E-state index contributed by atoms with van der Waals surface area (Å²) in [7, 11) is 5.56. The minimum atomic E-state index is -0.164. The van der Waals surface area contributed by atoms with Gasteiger partial charge in [0.25, 0.3) is 5.91 Å². The molecule has 0 bridgehead atoms. The molecule has 0 aliphatic carbocycles. The molecule has 2 N–H and O–H groups in total. The first kappa shape index (κ1) is 22.9. The Morgan fingerprint density at radius 2 is 1.79 bits per heavy atom. The summed E-state index contributed by atoms with van der Waals surface area (Å²) in [5, 5.41) is 6.21. The zero-order valence-electron chi connectivity index (χ0n) is 17.5. The molecule has 0 aliphatic heterocycles. The van der Waals surface area contributed by atoms with Crippen molar-refractivity contribution in [1.29, 1.82) is 0 Å². The predicted molar refractivity (Wildman–Crippen MR) is 119 cm³/mol. The van der Waals surface area contributed by atoms with Crippen molar-refractivity contribution in [3.05, 3.63) is 70.2 Å². The van der Waals surface area contributed by atoms with Crippen LogP contribution in [0.4, 0.5) is 0 Å². The number of hydrogen-bond donors (Lipinski definition) is 2. The van der Waals surface area contributed by atoms with Crippen LogP contribution >= 0.6 is 11.6 Å². The second-order valence-electron chi connectivity index (χ2n) is 7.53. The van der Waals surface area contributed by atoms with Crippen LogP contribution in [0.3, 0.4) is 0 Å².